The summed E-state index contributed by atoms with van der Waals surface area (Å²) < 4.78 is 0. The van der Waals surface area contributed by atoms with Crippen molar-refractivity contribution in [1.29, 1.82) is 0 Å². The predicted molar refractivity (Wildman–Crippen MR) is 103 cm³/mol. The molecule has 0 heterocycles. The molecule has 26 heavy (non-hydrogen) atoms. The molecule has 2 saturated carbocycles. The van der Waals surface area contributed by atoms with Gasteiger partial charge in [-0.15, -0.1) is 0 Å². The van der Waals surface area contributed by atoms with Crippen LogP contribution in [-0.4, -0.2) is 11.7 Å². The first kappa shape index (κ1) is 17.0. The van der Waals surface area contributed by atoms with Crippen molar-refractivity contribution in [3.05, 3.63) is 65.7 Å². The Labute approximate surface area is 154 Å². The number of fused-ring (bicyclic) bond motifs is 2. The van der Waals surface area contributed by atoms with Crippen LogP contribution < -0.4 is 5.32 Å². The number of amides is 1. The summed E-state index contributed by atoms with van der Waals surface area (Å²) in [7, 11) is 0. The Bertz CT molecular complexity index is 783. The number of carbonyl (C=O) groups excluding carboxylic acids is 2. The molecule has 2 aromatic rings. The zero-order chi connectivity index (χ0) is 17.9. The van der Waals surface area contributed by atoms with Crippen LogP contribution in [-0.2, 0) is 16.0 Å². The Hall–Kier alpha value is -2.42. The maximum Gasteiger partial charge on any atom is 0.227 e. The monoisotopic (exact) mass is 347 g/mol. The van der Waals surface area contributed by atoms with Gasteiger partial charge in [0, 0.05) is 23.4 Å². The molecule has 2 aliphatic rings. The minimum absolute atomic E-state index is 0.0345. The molecular weight excluding hydrogens is 322 g/mol. The summed E-state index contributed by atoms with van der Waals surface area (Å²) in [4.78, 5) is 25.1. The van der Waals surface area contributed by atoms with E-state index in [9.17, 15) is 9.59 Å². The Kier molecular flexibility index (Phi) is 4.87. The van der Waals surface area contributed by atoms with Gasteiger partial charge in [-0.1, -0.05) is 55.0 Å². The van der Waals surface area contributed by atoms with E-state index in [1.54, 1.807) is 0 Å². The summed E-state index contributed by atoms with van der Waals surface area (Å²) in [5.41, 5.74) is 3.24. The maximum atomic E-state index is 12.9. The number of hydrogen-bond donors (Lipinski definition) is 1. The van der Waals surface area contributed by atoms with E-state index in [0.717, 1.165) is 49.8 Å². The van der Waals surface area contributed by atoms with Crippen LogP contribution in [0.5, 0.6) is 0 Å². The van der Waals surface area contributed by atoms with Crippen LogP contribution >= 0.6 is 0 Å². The lowest BCUT2D eigenvalue weighted by molar-refractivity contribution is -0.136. The molecule has 0 aliphatic heterocycles. The molecule has 2 fully saturated rings. The van der Waals surface area contributed by atoms with Crippen LogP contribution in [0.3, 0.4) is 0 Å². The van der Waals surface area contributed by atoms with Crippen molar-refractivity contribution >= 4 is 17.4 Å². The summed E-state index contributed by atoms with van der Waals surface area (Å²) in [6, 6.07) is 18.3. The standard InChI is InChI=1S/C23H25NO2/c25-22-18-10-6-11-19(22)15-20(14-18)23(26)24-21-12-5-4-9-17(21)13-16-7-2-1-3-8-16/h1-5,7-9,12,18-20H,6,10-11,13-15H2,(H,24,26)/t18-,19+,20?. The van der Waals surface area contributed by atoms with Crippen molar-refractivity contribution in [2.75, 3.05) is 5.32 Å². The summed E-state index contributed by atoms with van der Waals surface area (Å²) >= 11 is 0. The average Bonchev–Trinajstić information content (AvgIpc) is 2.64. The van der Waals surface area contributed by atoms with Crippen LogP contribution in [0.2, 0.25) is 0 Å². The molecule has 2 aliphatic carbocycles. The molecule has 1 unspecified atom stereocenters. The molecular formula is C23H25NO2. The van der Waals surface area contributed by atoms with E-state index in [2.05, 4.69) is 23.5 Å². The molecule has 1 amide bonds. The Balaban J connectivity index is 1.47. The van der Waals surface area contributed by atoms with Gasteiger partial charge in [-0.05, 0) is 49.3 Å². The van der Waals surface area contributed by atoms with Gasteiger partial charge in [-0.2, -0.15) is 0 Å². The van der Waals surface area contributed by atoms with E-state index >= 15 is 0 Å². The molecule has 2 aromatic carbocycles. The van der Waals surface area contributed by atoms with Crippen molar-refractivity contribution in [1.82, 2.24) is 0 Å². The highest BCUT2D eigenvalue weighted by Crippen LogP contribution is 2.40. The first-order valence-electron chi connectivity index (χ1n) is 9.67. The molecule has 0 saturated heterocycles. The van der Waals surface area contributed by atoms with Crippen molar-refractivity contribution in [2.24, 2.45) is 17.8 Å². The van der Waals surface area contributed by atoms with E-state index in [1.165, 1.54) is 5.56 Å². The molecule has 0 aromatic heterocycles. The molecule has 3 nitrogen and oxygen atoms in total. The first-order valence-corrected chi connectivity index (χ1v) is 9.67. The number of anilines is 1. The van der Waals surface area contributed by atoms with Crippen molar-refractivity contribution in [3.63, 3.8) is 0 Å². The third-order valence-electron chi connectivity index (χ3n) is 5.93. The second kappa shape index (κ2) is 7.45. The number of rotatable bonds is 4. The molecule has 134 valence electrons. The van der Waals surface area contributed by atoms with Crippen molar-refractivity contribution in [2.45, 2.75) is 38.5 Å². The van der Waals surface area contributed by atoms with E-state index < -0.39 is 0 Å². The van der Waals surface area contributed by atoms with Crippen LogP contribution in [0.4, 0.5) is 5.69 Å². The fourth-order valence-corrected chi connectivity index (χ4v) is 4.54. The fourth-order valence-electron chi connectivity index (χ4n) is 4.54. The van der Waals surface area contributed by atoms with Gasteiger partial charge in [-0.3, -0.25) is 9.59 Å². The highest BCUT2D eigenvalue weighted by molar-refractivity contribution is 5.95. The largest absolute Gasteiger partial charge is 0.326 e. The van der Waals surface area contributed by atoms with Crippen LogP contribution in [0.15, 0.2) is 54.6 Å². The fraction of sp³-hybridized carbons (Fsp3) is 0.391. The summed E-state index contributed by atoms with van der Waals surface area (Å²) in [6.45, 7) is 0. The van der Waals surface area contributed by atoms with Crippen LogP contribution in [0.1, 0.15) is 43.2 Å². The van der Waals surface area contributed by atoms with Crippen molar-refractivity contribution in [3.8, 4) is 0 Å². The van der Waals surface area contributed by atoms with E-state index in [-0.39, 0.29) is 23.7 Å². The number of hydrogen-bond acceptors (Lipinski definition) is 2. The normalized spacial score (nSPS) is 24.9. The minimum atomic E-state index is -0.0345. The number of Topliss-reactive ketones (excluding diaryl/α,β-unsaturated/α-hetero) is 1. The molecule has 0 spiro atoms. The second-order valence-electron chi connectivity index (χ2n) is 7.70. The highest BCUT2D eigenvalue weighted by Gasteiger charge is 2.41. The zero-order valence-corrected chi connectivity index (χ0v) is 15.0. The number of para-hydroxylation sites is 1. The third-order valence-corrected chi connectivity index (χ3v) is 5.93. The minimum Gasteiger partial charge on any atom is -0.326 e. The Morgan fingerprint density at radius 2 is 1.58 bits per heavy atom. The van der Waals surface area contributed by atoms with Gasteiger partial charge >= 0.3 is 0 Å². The lowest BCUT2D eigenvalue weighted by Gasteiger charge is -2.37. The number of nitrogens with one attached hydrogen (secondary N) is 1. The van der Waals surface area contributed by atoms with Gasteiger partial charge in [0.1, 0.15) is 5.78 Å². The lowest BCUT2D eigenvalue weighted by Crippen LogP contribution is -2.40. The third kappa shape index (κ3) is 3.57. The molecule has 4 rings (SSSR count). The van der Waals surface area contributed by atoms with Crippen molar-refractivity contribution < 1.29 is 9.59 Å². The maximum absolute atomic E-state index is 12.9. The van der Waals surface area contributed by atoms with Gasteiger partial charge in [0.15, 0.2) is 0 Å². The first-order chi connectivity index (χ1) is 12.7. The van der Waals surface area contributed by atoms with Gasteiger partial charge in [0.2, 0.25) is 5.91 Å². The molecule has 1 N–H and O–H groups in total. The van der Waals surface area contributed by atoms with Gasteiger partial charge in [0.25, 0.3) is 0 Å². The average molecular weight is 347 g/mol. The Morgan fingerprint density at radius 3 is 2.31 bits per heavy atom. The van der Waals surface area contributed by atoms with Gasteiger partial charge in [0.05, 0.1) is 0 Å². The number of ketones is 1. The zero-order valence-electron chi connectivity index (χ0n) is 15.0. The molecule has 2 bridgehead atoms. The van der Waals surface area contributed by atoms with Gasteiger partial charge < -0.3 is 5.32 Å². The van der Waals surface area contributed by atoms with E-state index in [0.29, 0.717) is 5.78 Å². The number of benzene rings is 2. The van der Waals surface area contributed by atoms with E-state index in [4.69, 9.17) is 0 Å². The summed E-state index contributed by atoms with van der Waals surface area (Å²) in [6.07, 6.45) is 5.30. The number of carbonyl (C=O) groups is 2. The topological polar surface area (TPSA) is 46.2 Å². The smallest absolute Gasteiger partial charge is 0.227 e. The molecule has 3 atom stereocenters. The van der Waals surface area contributed by atoms with E-state index in [1.807, 2.05) is 36.4 Å². The summed E-state index contributed by atoms with van der Waals surface area (Å²) in [5.74, 6) is 0.670. The summed E-state index contributed by atoms with van der Waals surface area (Å²) in [5, 5.41) is 3.15. The molecule has 3 heteroatoms. The Morgan fingerprint density at radius 1 is 0.923 bits per heavy atom. The van der Waals surface area contributed by atoms with Crippen LogP contribution in [0, 0.1) is 17.8 Å². The van der Waals surface area contributed by atoms with Crippen LogP contribution in [0.25, 0.3) is 0 Å². The second-order valence-corrected chi connectivity index (χ2v) is 7.70. The lowest BCUT2D eigenvalue weighted by atomic mass is 9.67. The molecule has 0 radical (unpaired) electrons. The SMILES string of the molecule is O=C(Nc1ccccc1Cc1ccccc1)C1C[C@H]2CCC[C@@H](C1)C2=O. The quantitative estimate of drug-likeness (QED) is 0.878. The predicted octanol–water partition coefficient (Wildman–Crippen LogP) is 4.61. The van der Waals surface area contributed by atoms with Gasteiger partial charge in [-0.25, -0.2) is 0 Å². The highest BCUT2D eigenvalue weighted by atomic mass is 16.2.